The van der Waals surface area contributed by atoms with Crippen molar-refractivity contribution >= 4 is 29.3 Å². The zero-order valence-corrected chi connectivity index (χ0v) is 17.1. The number of nitrogens with two attached hydrogens (primary N) is 1. The van der Waals surface area contributed by atoms with Gasteiger partial charge in [0.1, 0.15) is 0 Å². The van der Waals surface area contributed by atoms with Gasteiger partial charge in [0.2, 0.25) is 5.91 Å². The number of benzene rings is 1. The summed E-state index contributed by atoms with van der Waals surface area (Å²) in [6.45, 7) is 5.92. The Kier molecular flexibility index (Phi) is 7.50. The highest BCUT2D eigenvalue weighted by molar-refractivity contribution is 5.85. The molecule has 1 amide bonds. The minimum Gasteiger partial charge on any atom is -0.338 e. The molecule has 2 N–H and O–H groups in total. The normalized spacial score (nSPS) is 18.3. The Bertz CT molecular complexity index is 827. The van der Waals surface area contributed by atoms with Crippen LogP contribution in [0.25, 0.3) is 11.0 Å². The van der Waals surface area contributed by atoms with Crippen LogP contribution in [0.2, 0.25) is 0 Å². The van der Waals surface area contributed by atoms with Crippen molar-refractivity contribution in [3.8, 4) is 0 Å². The molecule has 2 aromatic rings. The number of aromatic nitrogens is 2. The first-order valence-corrected chi connectivity index (χ1v) is 9.77. The fourth-order valence-electron chi connectivity index (χ4n) is 4.09. The molecule has 0 spiro atoms. The van der Waals surface area contributed by atoms with Crippen LogP contribution >= 0.6 is 12.4 Å². The molecule has 27 heavy (non-hydrogen) atoms. The molecule has 0 aliphatic carbocycles. The highest BCUT2D eigenvalue weighted by Gasteiger charge is 2.29. The molecule has 7 heteroatoms. The van der Waals surface area contributed by atoms with Crippen LogP contribution in [-0.4, -0.2) is 38.6 Å². The highest BCUT2D eigenvalue weighted by Crippen LogP contribution is 2.20. The van der Waals surface area contributed by atoms with Crippen LogP contribution in [0.3, 0.4) is 0 Å². The number of likely N-dealkylation sites (tertiary alicyclic amines) is 1. The van der Waals surface area contributed by atoms with Gasteiger partial charge >= 0.3 is 5.69 Å². The summed E-state index contributed by atoms with van der Waals surface area (Å²) in [5, 5.41) is 0. The lowest BCUT2D eigenvalue weighted by atomic mass is 9.96. The zero-order valence-electron chi connectivity index (χ0n) is 16.3. The van der Waals surface area contributed by atoms with Gasteiger partial charge in [0, 0.05) is 38.1 Å². The summed E-state index contributed by atoms with van der Waals surface area (Å²) in [6.07, 6.45) is 4.36. The maximum absolute atomic E-state index is 12.8. The van der Waals surface area contributed by atoms with Gasteiger partial charge in [0.25, 0.3) is 0 Å². The van der Waals surface area contributed by atoms with E-state index >= 15 is 0 Å². The Labute approximate surface area is 166 Å². The number of carbonyl (C=O) groups excluding carboxylic acids is 1. The van der Waals surface area contributed by atoms with Gasteiger partial charge in [-0.3, -0.25) is 13.9 Å². The maximum atomic E-state index is 12.8. The molecule has 2 unspecified atom stereocenters. The van der Waals surface area contributed by atoms with Crippen LogP contribution in [0.15, 0.2) is 29.1 Å². The number of fused-ring (bicyclic) bond motifs is 1. The lowest BCUT2D eigenvalue weighted by Gasteiger charge is -2.38. The van der Waals surface area contributed by atoms with Crippen molar-refractivity contribution in [3.63, 3.8) is 0 Å². The van der Waals surface area contributed by atoms with Gasteiger partial charge in [-0.05, 0) is 44.7 Å². The summed E-state index contributed by atoms with van der Waals surface area (Å²) in [7, 11) is 0. The van der Waals surface area contributed by atoms with Crippen LogP contribution in [0.4, 0.5) is 0 Å². The van der Waals surface area contributed by atoms with Gasteiger partial charge in [0.15, 0.2) is 0 Å². The molecule has 0 bridgehead atoms. The van der Waals surface area contributed by atoms with Gasteiger partial charge < -0.3 is 10.6 Å². The topological polar surface area (TPSA) is 73.3 Å². The third-order valence-corrected chi connectivity index (χ3v) is 5.40. The molecule has 1 aromatic heterocycles. The second-order valence-electron chi connectivity index (χ2n) is 7.33. The summed E-state index contributed by atoms with van der Waals surface area (Å²) in [5.41, 5.74) is 7.91. The average molecular weight is 395 g/mol. The first-order chi connectivity index (χ1) is 12.5. The Hall–Kier alpha value is -1.79. The molecule has 1 saturated heterocycles. The molecular weight excluding hydrogens is 364 g/mol. The van der Waals surface area contributed by atoms with Gasteiger partial charge in [-0.15, -0.1) is 12.4 Å². The second kappa shape index (κ2) is 9.42. The van der Waals surface area contributed by atoms with Crippen molar-refractivity contribution in [2.24, 2.45) is 5.73 Å². The molecule has 6 nitrogen and oxygen atoms in total. The van der Waals surface area contributed by atoms with E-state index in [1.54, 1.807) is 4.57 Å². The molecule has 2 atom stereocenters. The number of aryl methyl sites for hydroxylation is 2. The molecule has 1 aromatic carbocycles. The standard InChI is InChI=1S/C20H30N4O2.ClH/c1-3-12-23-17-9-4-5-10-18(17)24(20(23)26)14-11-19(25)22-13-7-6-8-16(22)15(2)21;/h4-5,9-10,15-16H,3,6-8,11-14,21H2,1-2H3;1H. The van der Waals surface area contributed by atoms with E-state index in [1.807, 2.05) is 40.7 Å². The fraction of sp³-hybridized carbons (Fsp3) is 0.600. The molecular formula is C20H31ClN4O2. The van der Waals surface area contributed by atoms with E-state index in [0.717, 1.165) is 43.3 Å². The SMILES string of the molecule is CCCn1c(=O)n(CCC(=O)N2CCCCC2C(C)N)c2ccccc21.Cl. The first kappa shape index (κ1) is 21.5. The lowest BCUT2D eigenvalue weighted by Crippen LogP contribution is -2.51. The molecule has 0 saturated carbocycles. The minimum atomic E-state index is -0.0248. The van der Waals surface area contributed by atoms with E-state index in [1.165, 1.54) is 0 Å². The Morgan fingerprint density at radius 2 is 1.81 bits per heavy atom. The molecule has 1 aliphatic rings. The van der Waals surface area contributed by atoms with Crippen molar-refractivity contribution in [1.29, 1.82) is 0 Å². The number of carbonyl (C=O) groups is 1. The number of nitrogens with zero attached hydrogens (tertiary/aromatic N) is 3. The van der Waals surface area contributed by atoms with Crippen LogP contribution in [0.5, 0.6) is 0 Å². The van der Waals surface area contributed by atoms with Crippen LogP contribution in [0, 0.1) is 0 Å². The fourth-order valence-corrected chi connectivity index (χ4v) is 4.09. The Morgan fingerprint density at radius 3 is 2.41 bits per heavy atom. The molecule has 2 heterocycles. The number of piperidine rings is 1. The van der Waals surface area contributed by atoms with Gasteiger partial charge in [-0.1, -0.05) is 19.1 Å². The van der Waals surface area contributed by atoms with Crippen LogP contribution < -0.4 is 11.4 Å². The van der Waals surface area contributed by atoms with Gasteiger partial charge in [-0.2, -0.15) is 0 Å². The van der Waals surface area contributed by atoms with Crippen molar-refractivity contribution in [3.05, 3.63) is 34.7 Å². The second-order valence-corrected chi connectivity index (χ2v) is 7.33. The summed E-state index contributed by atoms with van der Waals surface area (Å²) < 4.78 is 3.55. The number of rotatable bonds is 6. The van der Waals surface area contributed by atoms with E-state index in [0.29, 0.717) is 19.5 Å². The van der Waals surface area contributed by atoms with Gasteiger partial charge in [0.05, 0.1) is 11.0 Å². The van der Waals surface area contributed by atoms with Crippen molar-refractivity contribution in [2.45, 2.75) is 71.1 Å². The summed E-state index contributed by atoms with van der Waals surface area (Å²) in [5.74, 6) is 0.103. The van der Waals surface area contributed by atoms with Crippen molar-refractivity contribution in [2.75, 3.05) is 6.54 Å². The molecule has 1 aliphatic heterocycles. The lowest BCUT2D eigenvalue weighted by molar-refractivity contribution is -0.135. The smallest absolute Gasteiger partial charge is 0.329 e. The number of hydrogen-bond acceptors (Lipinski definition) is 3. The molecule has 150 valence electrons. The van der Waals surface area contributed by atoms with E-state index < -0.39 is 0 Å². The number of halogens is 1. The minimum absolute atomic E-state index is 0. The van der Waals surface area contributed by atoms with Crippen LogP contribution in [-0.2, 0) is 17.9 Å². The zero-order chi connectivity index (χ0) is 18.7. The predicted octanol–water partition coefficient (Wildman–Crippen LogP) is 2.75. The molecule has 1 fully saturated rings. The van der Waals surface area contributed by atoms with Crippen LogP contribution in [0.1, 0.15) is 46.0 Å². The number of amides is 1. The summed E-state index contributed by atoms with van der Waals surface area (Å²) in [4.78, 5) is 27.6. The van der Waals surface area contributed by atoms with E-state index in [9.17, 15) is 9.59 Å². The Balaban J connectivity index is 0.00000261. The third kappa shape index (κ3) is 4.38. The summed E-state index contributed by atoms with van der Waals surface area (Å²) in [6, 6.07) is 7.92. The monoisotopic (exact) mass is 394 g/mol. The first-order valence-electron chi connectivity index (χ1n) is 9.77. The van der Waals surface area contributed by atoms with Crippen molar-refractivity contribution in [1.82, 2.24) is 14.0 Å². The Morgan fingerprint density at radius 1 is 1.19 bits per heavy atom. The number of para-hydroxylation sites is 2. The van der Waals surface area contributed by atoms with E-state index in [2.05, 4.69) is 6.92 Å². The van der Waals surface area contributed by atoms with Gasteiger partial charge in [-0.25, -0.2) is 4.79 Å². The number of imidazole rings is 1. The quantitative estimate of drug-likeness (QED) is 0.818. The predicted molar refractivity (Wildman–Crippen MR) is 111 cm³/mol. The summed E-state index contributed by atoms with van der Waals surface area (Å²) >= 11 is 0. The highest BCUT2D eigenvalue weighted by atomic mass is 35.5. The largest absolute Gasteiger partial charge is 0.338 e. The third-order valence-electron chi connectivity index (χ3n) is 5.40. The van der Waals surface area contributed by atoms with E-state index in [-0.39, 0.29) is 36.1 Å². The number of hydrogen-bond donors (Lipinski definition) is 1. The van der Waals surface area contributed by atoms with E-state index in [4.69, 9.17) is 5.73 Å². The van der Waals surface area contributed by atoms with Crippen molar-refractivity contribution < 1.29 is 4.79 Å². The average Bonchev–Trinajstić information content (AvgIpc) is 2.92. The molecule has 3 rings (SSSR count). The maximum Gasteiger partial charge on any atom is 0.329 e. The molecule has 0 radical (unpaired) electrons.